The molecular weight excluding hydrogens is 360 g/mol. The highest BCUT2D eigenvalue weighted by Crippen LogP contribution is 2.31. The maximum atomic E-state index is 13.0. The Morgan fingerprint density at radius 2 is 2.07 bits per heavy atom. The summed E-state index contributed by atoms with van der Waals surface area (Å²) in [5.41, 5.74) is -0.374. The highest BCUT2D eigenvalue weighted by atomic mass is 16.5. The normalized spacial score (nSPS) is 19.5. The van der Waals surface area contributed by atoms with Crippen LogP contribution in [0.3, 0.4) is 0 Å². The van der Waals surface area contributed by atoms with E-state index >= 15 is 0 Å². The van der Waals surface area contributed by atoms with Crippen LogP contribution in [0.15, 0.2) is 12.3 Å². The van der Waals surface area contributed by atoms with E-state index in [0.717, 1.165) is 25.7 Å². The Morgan fingerprint density at radius 3 is 2.68 bits per heavy atom. The number of carbonyl (C=O) groups excluding carboxylic acids is 3. The van der Waals surface area contributed by atoms with Crippen LogP contribution in [0.4, 0.5) is 5.82 Å². The molecule has 2 fully saturated rings. The third-order valence-electron chi connectivity index (χ3n) is 5.71. The molecule has 2 heterocycles. The van der Waals surface area contributed by atoms with Gasteiger partial charge >= 0.3 is 0 Å². The number of ketones is 1. The van der Waals surface area contributed by atoms with Crippen molar-refractivity contribution in [3.8, 4) is 0 Å². The number of methoxy groups -OCH3 is 1. The summed E-state index contributed by atoms with van der Waals surface area (Å²) in [6, 6.07) is 1.11. The van der Waals surface area contributed by atoms with Crippen LogP contribution in [-0.2, 0) is 25.7 Å². The zero-order valence-electron chi connectivity index (χ0n) is 16.9. The van der Waals surface area contributed by atoms with Crippen molar-refractivity contribution in [1.82, 2.24) is 14.7 Å². The van der Waals surface area contributed by atoms with Gasteiger partial charge in [0.15, 0.2) is 11.6 Å². The molecule has 3 rings (SSSR count). The summed E-state index contributed by atoms with van der Waals surface area (Å²) in [5.74, 6) is 0.202. The first kappa shape index (κ1) is 20.5. The molecule has 0 aromatic carbocycles. The first-order valence-electron chi connectivity index (χ1n) is 9.98. The molecule has 1 aliphatic carbocycles. The molecule has 8 nitrogen and oxygen atoms in total. The second-order valence-corrected chi connectivity index (χ2v) is 8.49. The molecule has 0 bridgehead atoms. The average Bonchev–Trinajstić information content (AvgIpc) is 3.35. The fourth-order valence-electron chi connectivity index (χ4n) is 4.01. The van der Waals surface area contributed by atoms with E-state index in [-0.39, 0.29) is 36.2 Å². The molecule has 2 aliphatic rings. The van der Waals surface area contributed by atoms with Gasteiger partial charge < -0.3 is 15.0 Å². The zero-order valence-corrected chi connectivity index (χ0v) is 16.9. The number of anilines is 1. The average molecular weight is 390 g/mol. The van der Waals surface area contributed by atoms with Gasteiger partial charge in [-0.1, -0.05) is 25.7 Å². The monoisotopic (exact) mass is 390 g/mol. The van der Waals surface area contributed by atoms with E-state index in [4.69, 9.17) is 4.74 Å². The fraction of sp³-hybridized carbons (Fsp3) is 0.700. The van der Waals surface area contributed by atoms with Crippen LogP contribution < -0.4 is 5.32 Å². The lowest BCUT2D eigenvalue weighted by Gasteiger charge is -2.28. The van der Waals surface area contributed by atoms with Crippen molar-refractivity contribution < 1.29 is 19.1 Å². The van der Waals surface area contributed by atoms with E-state index in [9.17, 15) is 14.4 Å². The summed E-state index contributed by atoms with van der Waals surface area (Å²) in [6.45, 7) is 4.49. The minimum Gasteiger partial charge on any atom is -0.377 e. The molecule has 1 aromatic heterocycles. The highest BCUT2D eigenvalue weighted by molar-refractivity contribution is 6.08. The topological polar surface area (TPSA) is 93.5 Å². The second kappa shape index (κ2) is 8.43. The minimum absolute atomic E-state index is 0.0279. The molecule has 154 valence electrons. The van der Waals surface area contributed by atoms with Crippen molar-refractivity contribution in [3.05, 3.63) is 12.3 Å². The number of amides is 2. The zero-order chi connectivity index (χ0) is 20.3. The van der Waals surface area contributed by atoms with Crippen LogP contribution in [0.2, 0.25) is 0 Å². The number of hydrogen-bond acceptors (Lipinski definition) is 5. The lowest BCUT2D eigenvalue weighted by atomic mass is 9.97. The van der Waals surface area contributed by atoms with E-state index in [1.54, 1.807) is 24.1 Å². The first-order chi connectivity index (χ1) is 13.3. The Morgan fingerprint density at radius 1 is 1.36 bits per heavy atom. The predicted octanol–water partition coefficient (Wildman–Crippen LogP) is 2.00. The Labute approximate surface area is 165 Å². The maximum absolute atomic E-state index is 13.0. The molecule has 1 atom stereocenters. The largest absolute Gasteiger partial charge is 0.377 e. The fourth-order valence-corrected chi connectivity index (χ4v) is 4.01. The summed E-state index contributed by atoms with van der Waals surface area (Å²) in [4.78, 5) is 38.4. The number of aromatic nitrogens is 2. The van der Waals surface area contributed by atoms with Crippen molar-refractivity contribution in [3.63, 3.8) is 0 Å². The van der Waals surface area contributed by atoms with Gasteiger partial charge in [0.2, 0.25) is 11.8 Å². The molecule has 1 saturated heterocycles. The van der Waals surface area contributed by atoms with Gasteiger partial charge in [0, 0.05) is 19.4 Å². The van der Waals surface area contributed by atoms with Gasteiger partial charge in [-0.2, -0.15) is 5.10 Å². The van der Waals surface area contributed by atoms with Crippen molar-refractivity contribution >= 4 is 23.4 Å². The quantitative estimate of drug-likeness (QED) is 0.685. The molecule has 1 unspecified atom stereocenters. The first-order valence-corrected chi connectivity index (χ1v) is 9.98. The number of hydrogen-bond donors (Lipinski definition) is 1. The van der Waals surface area contributed by atoms with Gasteiger partial charge in [-0.25, -0.2) is 0 Å². The number of Topliss-reactive ketones (excluding diaryl/α,β-unsaturated/α-hetero) is 1. The van der Waals surface area contributed by atoms with E-state index in [1.165, 1.54) is 4.90 Å². The minimum atomic E-state index is -0.623. The number of ether oxygens (including phenoxy) is 1. The molecule has 1 saturated carbocycles. The Kier molecular flexibility index (Phi) is 6.17. The van der Waals surface area contributed by atoms with Crippen LogP contribution in [-0.4, -0.2) is 57.6 Å². The van der Waals surface area contributed by atoms with E-state index in [2.05, 4.69) is 10.4 Å². The lowest BCUT2D eigenvalue weighted by Crippen LogP contribution is -2.46. The Bertz CT molecular complexity index is 736. The molecule has 8 heteroatoms. The summed E-state index contributed by atoms with van der Waals surface area (Å²) in [7, 11) is 1.65. The molecule has 0 radical (unpaired) electrons. The second-order valence-electron chi connectivity index (χ2n) is 8.49. The van der Waals surface area contributed by atoms with Crippen molar-refractivity contribution in [2.75, 3.05) is 19.0 Å². The lowest BCUT2D eigenvalue weighted by molar-refractivity contribution is -0.135. The van der Waals surface area contributed by atoms with Crippen LogP contribution in [0, 0.1) is 5.92 Å². The van der Waals surface area contributed by atoms with Gasteiger partial charge in [-0.15, -0.1) is 0 Å². The van der Waals surface area contributed by atoms with Crippen LogP contribution in [0.25, 0.3) is 0 Å². The van der Waals surface area contributed by atoms with E-state index in [1.807, 2.05) is 13.8 Å². The number of carbonyl (C=O) groups is 3. The Hall–Kier alpha value is -2.22. The molecule has 1 aromatic rings. The van der Waals surface area contributed by atoms with Crippen LogP contribution >= 0.6 is 0 Å². The third kappa shape index (κ3) is 4.98. The molecule has 28 heavy (non-hydrogen) atoms. The SMILES string of the molecule is COC(C)(C)Cn1ccc(NC(=O)C(CC2CCCC2)N2CC(=O)CC2=O)n1. The highest BCUT2D eigenvalue weighted by Gasteiger charge is 2.38. The number of nitrogens with one attached hydrogen (secondary N) is 1. The van der Waals surface area contributed by atoms with Gasteiger partial charge in [-0.05, 0) is 26.2 Å². The summed E-state index contributed by atoms with van der Waals surface area (Å²) < 4.78 is 7.13. The van der Waals surface area contributed by atoms with Crippen molar-refractivity contribution in [2.24, 2.45) is 5.92 Å². The molecular formula is C20H30N4O4. The van der Waals surface area contributed by atoms with Gasteiger partial charge in [0.25, 0.3) is 0 Å². The molecule has 0 spiro atoms. The van der Waals surface area contributed by atoms with E-state index in [0.29, 0.717) is 24.7 Å². The smallest absolute Gasteiger partial charge is 0.248 e. The summed E-state index contributed by atoms with van der Waals surface area (Å²) in [5, 5.41) is 7.23. The van der Waals surface area contributed by atoms with Gasteiger partial charge in [-0.3, -0.25) is 19.1 Å². The van der Waals surface area contributed by atoms with Crippen molar-refractivity contribution in [1.29, 1.82) is 0 Å². The Balaban J connectivity index is 1.69. The van der Waals surface area contributed by atoms with Crippen LogP contribution in [0.1, 0.15) is 52.4 Å². The summed E-state index contributed by atoms with van der Waals surface area (Å²) >= 11 is 0. The maximum Gasteiger partial charge on any atom is 0.248 e. The third-order valence-corrected chi connectivity index (χ3v) is 5.71. The molecule has 2 amide bonds. The summed E-state index contributed by atoms with van der Waals surface area (Å²) in [6.07, 6.45) is 6.74. The molecule has 1 N–H and O–H groups in total. The van der Waals surface area contributed by atoms with Crippen molar-refractivity contribution in [2.45, 2.75) is 70.6 Å². The number of nitrogens with zero attached hydrogens (tertiary/aromatic N) is 3. The number of likely N-dealkylation sites (tertiary alicyclic amines) is 1. The predicted molar refractivity (Wildman–Crippen MR) is 104 cm³/mol. The molecule has 1 aliphatic heterocycles. The standard InChI is InChI=1S/C20H30N4O4/c1-20(2,28-3)13-23-9-8-17(22-23)21-19(27)16(10-14-6-4-5-7-14)24-12-15(25)11-18(24)26/h8-9,14,16H,4-7,10-13H2,1-3H3,(H,21,22,27). The van der Waals surface area contributed by atoms with Crippen LogP contribution in [0.5, 0.6) is 0 Å². The van der Waals surface area contributed by atoms with Gasteiger partial charge in [0.05, 0.1) is 25.1 Å². The van der Waals surface area contributed by atoms with E-state index < -0.39 is 6.04 Å². The van der Waals surface area contributed by atoms with Gasteiger partial charge in [0.1, 0.15) is 6.04 Å². The number of rotatable bonds is 8.